The third-order valence-electron chi connectivity index (χ3n) is 3.11. The summed E-state index contributed by atoms with van der Waals surface area (Å²) in [5, 5.41) is 0. The zero-order valence-corrected chi connectivity index (χ0v) is 6.09. The summed E-state index contributed by atoms with van der Waals surface area (Å²) in [5.74, 6) is 1.02. The van der Waals surface area contributed by atoms with Gasteiger partial charge in [-0.05, 0) is 37.5 Å². The van der Waals surface area contributed by atoms with Crippen molar-refractivity contribution >= 4 is 0 Å². The van der Waals surface area contributed by atoms with Crippen molar-refractivity contribution in [1.29, 1.82) is 0 Å². The molecule has 1 nitrogen and oxygen atoms in total. The van der Waals surface area contributed by atoms with Crippen LogP contribution in [-0.4, -0.2) is 12.2 Å². The zero-order valence-electron chi connectivity index (χ0n) is 6.09. The minimum Gasteiger partial charge on any atom is -0.327 e. The fraction of sp³-hybridized carbons (Fsp3) is 1.00. The molecular formula is C8H14FN. The summed E-state index contributed by atoms with van der Waals surface area (Å²) in [5.41, 5.74) is 5.88. The van der Waals surface area contributed by atoms with E-state index >= 15 is 0 Å². The third kappa shape index (κ3) is 0.858. The zero-order chi connectivity index (χ0) is 7.14. The highest BCUT2D eigenvalue weighted by atomic mass is 19.1. The van der Waals surface area contributed by atoms with Crippen LogP contribution < -0.4 is 5.73 Å². The molecule has 0 heterocycles. The van der Waals surface area contributed by atoms with Crippen molar-refractivity contribution in [2.75, 3.05) is 0 Å². The van der Waals surface area contributed by atoms with E-state index in [0.717, 1.165) is 12.8 Å². The molecule has 2 fully saturated rings. The lowest BCUT2D eigenvalue weighted by Gasteiger charge is -2.28. The molecule has 10 heavy (non-hydrogen) atoms. The van der Waals surface area contributed by atoms with Crippen molar-refractivity contribution in [3.05, 3.63) is 0 Å². The first-order valence-corrected chi connectivity index (χ1v) is 4.17. The van der Waals surface area contributed by atoms with Crippen LogP contribution in [0.2, 0.25) is 0 Å². The lowest BCUT2D eigenvalue weighted by atomic mass is 9.84. The quantitative estimate of drug-likeness (QED) is 0.546. The summed E-state index contributed by atoms with van der Waals surface area (Å²) in [6, 6.07) is 0.326. The smallest absolute Gasteiger partial charge is 0.101 e. The summed E-state index contributed by atoms with van der Waals surface area (Å²) in [7, 11) is 0. The van der Waals surface area contributed by atoms with Gasteiger partial charge in [-0.2, -0.15) is 0 Å². The number of fused-ring (bicyclic) bond motifs is 2. The number of hydrogen-bond acceptors (Lipinski definition) is 1. The second kappa shape index (κ2) is 2.19. The van der Waals surface area contributed by atoms with E-state index in [1.165, 1.54) is 12.8 Å². The minimum absolute atomic E-state index is 0.326. The lowest BCUT2D eigenvalue weighted by Crippen LogP contribution is -2.38. The van der Waals surface area contributed by atoms with E-state index in [0.29, 0.717) is 17.9 Å². The summed E-state index contributed by atoms with van der Waals surface area (Å²) in [6.07, 6.45) is 3.27. The fourth-order valence-electron chi connectivity index (χ4n) is 2.50. The van der Waals surface area contributed by atoms with Crippen LogP contribution in [-0.2, 0) is 0 Å². The highest BCUT2D eigenvalue weighted by molar-refractivity contribution is 4.94. The predicted molar refractivity (Wildman–Crippen MR) is 38.3 cm³/mol. The van der Waals surface area contributed by atoms with Gasteiger partial charge in [0.2, 0.25) is 0 Å². The van der Waals surface area contributed by atoms with E-state index in [-0.39, 0.29) is 0 Å². The van der Waals surface area contributed by atoms with Crippen LogP contribution in [0.15, 0.2) is 0 Å². The van der Waals surface area contributed by atoms with E-state index in [9.17, 15) is 4.39 Å². The highest BCUT2D eigenvalue weighted by Crippen LogP contribution is 2.42. The fourth-order valence-corrected chi connectivity index (χ4v) is 2.50. The Morgan fingerprint density at radius 1 is 1.10 bits per heavy atom. The number of nitrogens with two attached hydrogens (primary N) is 1. The van der Waals surface area contributed by atoms with Crippen LogP contribution in [0.3, 0.4) is 0 Å². The van der Waals surface area contributed by atoms with E-state index in [4.69, 9.17) is 5.73 Å². The Kier molecular flexibility index (Phi) is 1.44. The molecule has 0 aromatic heterocycles. The molecule has 2 N–H and O–H groups in total. The average molecular weight is 143 g/mol. The molecule has 0 aliphatic heterocycles. The van der Waals surface area contributed by atoms with Gasteiger partial charge < -0.3 is 5.73 Å². The van der Waals surface area contributed by atoms with Gasteiger partial charge in [0.1, 0.15) is 6.17 Å². The topological polar surface area (TPSA) is 26.0 Å². The van der Waals surface area contributed by atoms with Gasteiger partial charge in [0.15, 0.2) is 0 Å². The minimum atomic E-state index is -0.544. The van der Waals surface area contributed by atoms with Gasteiger partial charge in [0, 0.05) is 6.04 Å². The van der Waals surface area contributed by atoms with Gasteiger partial charge >= 0.3 is 0 Å². The molecule has 0 aromatic rings. The highest BCUT2D eigenvalue weighted by Gasteiger charge is 2.40. The van der Waals surface area contributed by atoms with Crippen LogP contribution in [0.1, 0.15) is 25.7 Å². The van der Waals surface area contributed by atoms with Crippen LogP contribution in [0.5, 0.6) is 0 Å². The third-order valence-corrected chi connectivity index (χ3v) is 3.11. The molecule has 2 heteroatoms. The molecule has 2 aliphatic rings. The first kappa shape index (κ1) is 6.59. The monoisotopic (exact) mass is 143 g/mol. The molecule has 0 amide bonds. The second-order valence-corrected chi connectivity index (χ2v) is 3.74. The molecule has 2 rings (SSSR count). The van der Waals surface area contributed by atoms with Gasteiger partial charge in [0.05, 0.1) is 0 Å². The standard InChI is InChI=1S/C8H14FN/c9-7-3-5-1-2-6(4-7)8(5)10/h5-8H,1-4,10H2. The van der Waals surface area contributed by atoms with E-state index < -0.39 is 6.17 Å². The summed E-state index contributed by atoms with van der Waals surface area (Å²) in [6.45, 7) is 0. The van der Waals surface area contributed by atoms with Gasteiger partial charge in [-0.15, -0.1) is 0 Å². The molecule has 2 saturated carbocycles. The van der Waals surface area contributed by atoms with Crippen LogP contribution in [0.25, 0.3) is 0 Å². The molecule has 0 aromatic carbocycles. The molecule has 58 valence electrons. The Labute approximate surface area is 60.8 Å². The summed E-state index contributed by atoms with van der Waals surface area (Å²) < 4.78 is 12.8. The maximum atomic E-state index is 12.8. The molecule has 0 radical (unpaired) electrons. The molecule has 2 bridgehead atoms. The molecule has 0 spiro atoms. The molecular weight excluding hydrogens is 129 g/mol. The molecule has 0 saturated heterocycles. The molecule has 2 aliphatic carbocycles. The normalized spacial score (nSPS) is 53.4. The Hall–Kier alpha value is -0.110. The number of alkyl halides is 1. The number of hydrogen-bond donors (Lipinski definition) is 1. The molecule has 2 unspecified atom stereocenters. The Balaban J connectivity index is 2.09. The largest absolute Gasteiger partial charge is 0.327 e. The van der Waals surface area contributed by atoms with Gasteiger partial charge in [-0.3, -0.25) is 0 Å². The van der Waals surface area contributed by atoms with Crippen LogP contribution >= 0.6 is 0 Å². The maximum Gasteiger partial charge on any atom is 0.101 e. The number of halogens is 1. The van der Waals surface area contributed by atoms with Crippen molar-refractivity contribution < 1.29 is 4.39 Å². The van der Waals surface area contributed by atoms with Crippen molar-refractivity contribution in [1.82, 2.24) is 0 Å². The van der Waals surface area contributed by atoms with Crippen LogP contribution in [0, 0.1) is 11.8 Å². The van der Waals surface area contributed by atoms with Gasteiger partial charge in [-0.25, -0.2) is 4.39 Å². The first-order valence-electron chi connectivity index (χ1n) is 4.17. The van der Waals surface area contributed by atoms with Crippen molar-refractivity contribution in [3.8, 4) is 0 Å². The van der Waals surface area contributed by atoms with E-state index in [1.54, 1.807) is 0 Å². The van der Waals surface area contributed by atoms with Crippen molar-refractivity contribution in [2.45, 2.75) is 37.9 Å². The SMILES string of the molecule is NC1C2CCC1CC(F)C2. The van der Waals surface area contributed by atoms with E-state index in [1.807, 2.05) is 0 Å². The van der Waals surface area contributed by atoms with Crippen LogP contribution in [0.4, 0.5) is 4.39 Å². The first-order chi connectivity index (χ1) is 4.77. The Bertz CT molecular complexity index is 123. The predicted octanol–water partition coefficient (Wildman–Crippen LogP) is 1.47. The van der Waals surface area contributed by atoms with Gasteiger partial charge in [-0.1, -0.05) is 0 Å². The summed E-state index contributed by atoms with van der Waals surface area (Å²) in [4.78, 5) is 0. The Morgan fingerprint density at radius 2 is 1.60 bits per heavy atom. The second-order valence-electron chi connectivity index (χ2n) is 3.74. The molecule has 2 atom stereocenters. The summed E-state index contributed by atoms with van der Waals surface area (Å²) >= 11 is 0. The lowest BCUT2D eigenvalue weighted by molar-refractivity contribution is 0.171. The average Bonchev–Trinajstić information content (AvgIpc) is 2.20. The van der Waals surface area contributed by atoms with Crippen molar-refractivity contribution in [3.63, 3.8) is 0 Å². The van der Waals surface area contributed by atoms with Crippen molar-refractivity contribution in [2.24, 2.45) is 17.6 Å². The Morgan fingerprint density at radius 3 is 2.10 bits per heavy atom. The number of rotatable bonds is 0. The van der Waals surface area contributed by atoms with E-state index in [2.05, 4.69) is 0 Å². The van der Waals surface area contributed by atoms with Gasteiger partial charge in [0.25, 0.3) is 0 Å². The maximum absolute atomic E-state index is 12.8.